The fourth-order valence-corrected chi connectivity index (χ4v) is 2.74. The summed E-state index contributed by atoms with van der Waals surface area (Å²) in [7, 11) is 0. The van der Waals surface area contributed by atoms with Gasteiger partial charge >= 0.3 is 0 Å². The summed E-state index contributed by atoms with van der Waals surface area (Å²) in [6.45, 7) is 7.98. The van der Waals surface area contributed by atoms with E-state index in [1.807, 2.05) is 6.07 Å². The van der Waals surface area contributed by atoms with Crippen LogP contribution in [0.1, 0.15) is 13.3 Å². The lowest BCUT2D eigenvalue weighted by Crippen LogP contribution is -2.38. The molecule has 2 aliphatic heterocycles. The van der Waals surface area contributed by atoms with Gasteiger partial charge in [-0.2, -0.15) is 0 Å². The van der Waals surface area contributed by atoms with Crippen molar-refractivity contribution in [2.75, 3.05) is 44.3 Å². The highest BCUT2D eigenvalue weighted by Crippen LogP contribution is 2.34. The third kappa shape index (κ3) is 2.95. The molecular weight excluding hydrogens is 240 g/mol. The van der Waals surface area contributed by atoms with Gasteiger partial charge in [0.05, 0.1) is 0 Å². The van der Waals surface area contributed by atoms with E-state index < -0.39 is 0 Å². The van der Waals surface area contributed by atoms with Gasteiger partial charge < -0.3 is 19.7 Å². The monoisotopic (exact) mass is 262 g/mol. The van der Waals surface area contributed by atoms with E-state index in [1.165, 1.54) is 12.1 Å². The van der Waals surface area contributed by atoms with E-state index in [1.54, 1.807) is 0 Å². The maximum Gasteiger partial charge on any atom is 0.163 e. The minimum Gasteiger partial charge on any atom is -0.486 e. The highest BCUT2D eigenvalue weighted by atomic mass is 16.6. The van der Waals surface area contributed by atoms with Gasteiger partial charge in [-0.25, -0.2) is 0 Å². The lowest BCUT2D eigenvalue weighted by atomic mass is 10.1. The Balaban J connectivity index is 1.79. The Morgan fingerprint density at radius 1 is 1.21 bits per heavy atom. The van der Waals surface area contributed by atoms with Gasteiger partial charge in [-0.1, -0.05) is 6.92 Å². The van der Waals surface area contributed by atoms with Crippen molar-refractivity contribution in [3.05, 3.63) is 18.2 Å². The number of hydrogen-bond acceptors (Lipinski definition) is 4. The van der Waals surface area contributed by atoms with E-state index in [4.69, 9.17) is 9.47 Å². The zero-order valence-corrected chi connectivity index (χ0v) is 11.5. The van der Waals surface area contributed by atoms with Crippen LogP contribution in [0.4, 0.5) is 5.69 Å². The van der Waals surface area contributed by atoms with Crippen LogP contribution in [0.3, 0.4) is 0 Å². The minimum atomic E-state index is 0.650. The zero-order chi connectivity index (χ0) is 13.1. The molecule has 0 aromatic heterocycles. The molecule has 0 radical (unpaired) electrons. The van der Waals surface area contributed by atoms with Crippen LogP contribution in [0.25, 0.3) is 0 Å². The van der Waals surface area contributed by atoms with E-state index in [9.17, 15) is 0 Å². The molecule has 4 heteroatoms. The second-order valence-electron chi connectivity index (χ2n) is 5.44. The van der Waals surface area contributed by atoms with E-state index >= 15 is 0 Å². The third-order valence-corrected chi connectivity index (χ3v) is 3.70. The summed E-state index contributed by atoms with van der Waals surface area (Å²) in [6, 6.07) is 6.30. The molecule has 0 aliphatic carbocycles. The molecule has 2 aliphatic rings. The average molecular weight is 262 g/mol. The van der Waals surface area contributed by atoms with Crippen LogP contribution >= 0.6 is 0 Å². The number of hydrogen-bond donors (Lipinski definition) is 1. The van der Waals surface area contributed by atoms with Gasteiger partial charge in [-0.15, -0.1) is 0 Å². The van der Waals surface area contributed by atoms with E-state index in [2.05, 4.69) is 29.3 Å². The number of nitrogens with one attached hydrogen (secondary N) is 1. The fraction of sp³-hybridized carbons (Fsp3) is 0.600. The minimum absolute atomic E-state index is 0.650. The number of rotatable bonds is 1. The van der Waals surface area contributed by atoms with E-state index in [0.717, 1.165) is 37.7 Å². The van der Waals surface area contributed by atoms with Crippen LogP contribution in [0.5, 0.6) is 11.5 Å². The smallest absolute Gasteiger partial charge is 0.163 e. The van der Waals surface area contributed by atoms with Gasteiger partial charge in [-0.05, 0) is 37.6 Å². The first-order valence-electron chi connectivity index (χ1n) is 7.18. The van der Waals surface area contributed by atoms with Gasteiger partial charge in [0.1, 0.15) is 13.2 Å². The lowest BCUT2D eigenvalue weighted by Gasteiger charge is -2.31. The number of benzene rings is 1. The summed E-state index contributed by atoms with van der Waals surface area (Å²) >= 11 is 0. The van der Waals surface area contributed by atoms with Crippen molar-refractivity contribution in [1.29, 1.82) is 0 Å². The Morgan fingerprint density at radius 3 is 2.95 bits per heavy atom. The highest BCUT2D eigenvalue weighted by Gasteiger charge is 2.17. The molecule has 4 nitrogen and oxygen atoms in total. The standard InChI is InChI=1S/C15H22N2O2/c1-12-10-16-5-2-6-17(11-12)13-3-4-14-15(9-13)19-8-7-18-14/h3-4,9,12,16H,2,5-8,10-11H2,1H3. The topological polar surface area (TPSA) is 33.7 Å². The summed E-state index contributed by atoms with van der Waals surface area (Å²) in [5, 5.41) is 3.49. The van der Waals surface area contributed by atoms with Crippen molar-refractivity contribution in [2.45, 2.75) is 13.3 Å². The van der Waals surface area contributed by atoms with Crippen molar-refractivity contribution in [2.24, 2.45) is 5.92 Å². The molecular formula is C15H22N2O2. The van der Waals surface area contributed by atoms with Crippen LogP contribution in [0.2, 0.25) is 0 Å². The fourth-order valence-electron chi connectivity index (χ4n) is 2.74. The summed E-state index contributed by atoms with van der Waals surface area (Å²) in [6.07, 6.45) is 1.18. The first-order valence-corrected chi connectivity index (χ1v) is 7.18. The Morgan fingerprint density at radius 2 is 2.05 bits per heavy atom. The predicted molar refractivity (Wildman–Crippen MR) is 76.3 cm³/mol. The second-order valence-corrected chi connectivity index (χ2v) is 5.44. The van der Waals surface area contributed by atoms with Crippen molar-refractivity contribution in [1.82, 2.24) is 5.32 Å². The largest absolute Gasteiger partial charge is 0.486 e. The highest BCUT2D eigenvalue weighted by molar-refractivity contribution is 5.56. The molecule has 0 bridgehead atoms. The molecule has 19 heavy (non-hydrogen) atoms. The molecule has 104 valence electrons. The Kier molecular flexibility index (Phi) is 3.78. The summed E-state index contributed by atoms with van der Waals surface area (Å²) in [5.74, 6) is 2.42. The zero-order valence-electron chi connectivity index (χ0n) is 11.5. The molecule has 1 aromatic carbocycles. The van der Waals surface area contributed by atoms with Gasteiger partial charge in [0.15, 0.2) is 11.5 Å². The number of nitrogens with zero attached hydrogens (tertiary/aromatic N) is 1. The first-order chi connectivity index (χ1) is 9.33. The second kappa shape index (κ2) is 5.70. The number of fused-ring (bicyclic) bond motifs is 1. The quantitative estimate of drug-likeness (QED) is 0.838. The lowest BCUT2D eigenvalue weighted by molar-refractivity contribution is 0.171. The SMILES string of the molecule is CC1CNCCCN(c2ccc3c(c2)OCCO3)C1. The van der Waals surface area contributed by atoms with Crippen LogP contribution in [-0.4, -0.2) is 39.4 Å². The van der Waals surface area contributed by atoms with Crippen LogP contribution < -0.4 is 19.7 Å². The Bertz CT molecular complexity index is 436. The molecule has 1 unspecified atom stereocenters. The third-order valence-electron chi connectivity index (χ3n) is 3.70. The number of anilines is 1. The summed E-state index contributed by atoms with van der Waals surface area (Å²) < 4.78 is 11.3. The average Bonchev–Trinajstić information content (AvgIpc) is 2.42. The van der Waals surface area contributed by atoms with Crippen molar-refractivity contribution in [3.63, 3.8) is 0 Å². The van der Waals surface area contributed by atoms with Crippen molar-refractivity contribution >= 4 is 5.69 Å². The maximum absolute atomic E-state index is 5.67. The molecule has 1 N–H and O–H groups in total. The summed E-state index contributed by atoms with van der Waals surface area (Å²) in [5.41, 5.74) is 1.25. The maximum atomic E-state index is 5.67. The molecule has 3 rings (SSSR count). The normalized spacial score (nSPS) is 23.6. The van der Waals surface area contributed by atoms with Gasteiger partial charge in [-0.3, -0.25) is 0 Å². The summed E-state index contributed by atoms with van der Waals surface area (Å²) in [4.78, 5) is 2.46. The Labute approximate surface area is 114 Å². The number of ether oxygens (including phenoxy) is 2. The van der Waals surface area contributed by atoms with Crippen LogP contribution in [-0.2, 0) is 0 Å². The molecule has 0 spiro atoms. The molecule has 0 saturated carbocycles. The predicted octanol–water partition coefficient (Wildman–Crippen LogP) is 1.89. The van der Waals surface area contributed by atoms with Crippen LogP contribution in [0, 0.1) is 5.92 Å². The molecule has 2 heterocycles. The molecule has 1 aromatic rings. The molecule has 1 fully saturated rings. The Hall–Kier alpha value is -1.42. The van der Waals surface area contributed by atoms with Gasteiger partial charge in [0.2, 0.25) is 0 Å². The van der Waals surface area contributed by atoms with Gasteiger partial charge in [0.25, 0.3) is 0 Å². The van der Waals surface area contributed by atoms with E-state index in [-0.39, 0.29) is 0 Å². The van der Waals surface area contributed by atoms with Gasteiger partial charge in [0, 0.05) is 24.8 Å². The molecule has 1 atom stereocenters. The van der Waals surface area contributed by atoms with Crippen molar-refractivity contribution < 1.29 is 9.47 Å². The van der Waals surface area contributed by atoms with Crippen LogP contribution in [0.15, 0.2) is 18.2 Å². The van der Waals surface area contributed by atoms with E-state index in [0.29, 0.717) is 19.1 Å². The molecule has 0 amide bonds. The molecule has 1 saturated heterocycles. The first kappa shape index (κ1) is 12.6. The van der Waals surface area contributed by atoms with Crippen molar-refractivity contribution in [3.8, 4) is 11.5 Å².